The molecule has 2 amide bonds. The van der Waals surface area contributed by atoms with E-state index in [-0.39, 0.29) is 18.0 Å². The Morgan fingerprint density at radius 3 is 2.35 bits per heavy atom. The maximum atomic E-state index is 12.1. The molecule has 0 aliphatic rings. The van der Waals surface area contributed by atoms with Gasteiger partial charge >= 0.3 is 12.0 Å². The van der Waals surface area contributed by atoms with Gasteiger partial charge in [0, 0.05) is 6.04 Å². The van der Waals surface area contributed by atoms with Gasteiger partial charge in [0.2, 0.25) is 0 Å². The number of hydrogen-bond donors (Lipinski definition) is 2. The van der Waals surface area contributed by atoms with E-state index in [1.54, 1.807) is 0 Å². The van der Waals surface area contributed by atoms with Crippen LogP contribution in [0, 0.1) is 5.92 Å². The first kappa shape index (κ1) is 19.0. The molecule has 128 valence electrons. The van der Waals surface area contributed by atoms with Gasteiger partial charge in [-0.25, -0.2) is 9.59 Å². The Labute approximate surface area is 138 Å². The fourth-order valence-electron chi connectivity index (χ4n) is 2.30. The van der Waals surface area contributed by atoms with Gasteiger partial charge in [-0.15, -0.1) is 0 Å². The Morgan fingerprint density at radius 2 is 1.78 bits per heavy atom. The van der Waals surface area contributed by atoms with Crippen LogP contribution in [0.3, 0.4) is 0 Å². The number of rotatable bonds is 8. The molecular formula is C18H28N2O3. The van der Waals surface area contributed by atoms with E-state index < -0.39 is 12.0 Å². The summed E-state index contributed by atoms with van der Waals surface area (Å²) in [7, 11) is 1.33. The average Bonchev–Trinajstić information content (AvgIpc) is 2.57. The van der Waals surface area contributed by atoms with Crippen molar-refractivity contribution in [1.29, 1.82) is 0 Å². The van der Waals surface area contributed by atoms with Crippen LogP contribution < -0.4 is 10.6 Å². The van der Waals surface area contributed by atoms with E-state index in [1.165, 1.54) is 12.7 Å². The van der Waals surface area contributed by atoms with Crippen LogP contribution in [0.5, 0.6) is 0 Å². The zero-order valence-electron chi connectivity index (χ0n) is 14.5. The molecule has 3 atom stereocenters. The Hall–Kier alpha value is -2.04. The molecule has 0 aromatic heterocycles. The molecule has 1 rings (SSSR count). The SMILES string of the molecule is CC[C@H](C)[C@@H](NC(=O)N[C@@H](C)CCc1ccccc1)C(=O)OC. The zero-order valence-corrected chi connectivity index (χ0v) is 14.5. The smallest absolute Gasteiger partial charge is 0.328 e. The number of methoxy groups -OCH3 is 1. The summed E-state index contributed by atoms with van der Waals surface area (Å²) in [6.45, 7) is 5.85. The topological polar surface area (TPSA) is 67.4 Å². The van der Waals surface area contributed by atoms with Gasteiger partial charge in [0.25, 0.3) is 0 Å². The molecule has 0 aliphatic carbocycles. The molecule has 0 aliphatic heterocycles. The van der Waals surface area contributed by atoms with Gasteiger partial charge in [0.1, 0.15) is 6.04 Å². The third-order valence-electron chi connectivity index (χ3n) is 4.04. The van der Waals surface area contributed by atoms with E-state index in [0.29, 0.717) is 0 Å². The number of carbonyl (C=O) groups excluding carboxylic acids is 2. The van der Waals surface area contributed by atoms with E-state index >= 15 is 0 Å². The molecule has 5 nitrogen and oxygen atoms in total. The molecule has 0 bridgehead atoms. The third kappa shape index (κ3) is 6.72. The van der Waals surface area contributed by atoms with Crippen molar-refractivity contribution in [2.45, 2.75) is 52.1 Å². The van der Waals surface area contributed by atoms with Gasteiger partial charge in [-0.2, -0.15) is 0 Å². The quantitative estimate of drug-likeness (QED) is 0.724. The van der Waals surface area contributed by atoms with E-state index in [0.717, 1.165) is 19.3 Å². The van der Waals surface area contributed by atoms with Crippen molar-refractivity contribution in [3.8, 4) is 0 Å². The first-order chi connectivity index (χ1) is 11.0. The summed E-state index contributed by atoms with van der Waals surface area (Å²) >= 11 is 0. The van der Waals surface area contributed by atoms with Gasteiger partial charge in [-0.1, -0.05) is 50.6 Å². The Balaban J connectivity index is 2.45. The molecule has 23 heavy (non-hydrogen) atoms. The summed E-state index contributed by atoms with van der Waals surface area (Å²) < 4.78 is 4.77. The predicted octanol–water partition coefficient (Wildman–Crippen LogP) is 2.89. The highest BCUT2D eigenvalue weighted by molar-refractivity contribution is 5.83. The van der Waals surface area contributed by atoms with Gasteiger partial charge in [-0.3, -0.25) is 0 Å². The normalized spacial score (nSPS) is 14.4. The van der Waals surface area contributed by atoms with Crippen LogP contribution in [0.2, 0.25) is 0 Å². The second-order valence-electron chi connectivity index (χ2n) is 5.93. The fraction of sp³-hybridized carbons (Fsp3) is 0.556. The van der Waals surface area contributed by atoms with Gasteiger partial charge in [-0.05, 0) is 31.2 Å². The minimum atomic E-state index is -0.619. The predicted molar refractivity (Wildman–Crippen MR) is 91.2 cm³/mol. The first-order valence-electron chi connectivity index (χ1n) is 8.16. The average molecular weight is 320 g/mol. The maximum Gasteiger partial charge on any atom is 0.328 e. The van der Waals surface area contributed by atoms with Crippen molar-refractivity contribution in [2.24, 2.45) is 5.92 Å². The Bertz CT molecular complexity index is 490. The fourth-order valence-corrected chi connectivity index (χ4v) is 2.30. The third-order valence-corrected chi connectivity index (χ3v) is 4.04. The number of aryl methyl sites for hydroxylation is 1. The van der Waals surface area contributed by atoms with Crippen molar-refractivity contribution in [1.82, 2.24) is 10.6 Å². The van der Waals surface area contributed by atoms with Crippen LogP contribution >= 0.6 is 0 Å². The van der Waals surface area contributed by atoms with Crippen molar-refractivity contribution in [3.63, 3.8) is 0 Å². The van der Waals surface area contributed by atoms with Crippen LogP contribution in [-0.4, -0.2) is 31.2 Å². The molecular weight excluding hydrogens is 292 g/mol. The number of urea groups is 1. The summed E-state index contributed by atoms with van der Waals surface area (Å²) in [5, 5.41) is 5.60. The van der Waals surface area contributed by atoms with E-state index in [1.807, 2.05) is 39.0 Å². The van der Waals surface area contributed by atoms with Crippen molar-refractivity contribution in [3.05, 3.63) is 35.9 Å². The van der Waals surface area contributed by atoms with Crippen LogP contribution in [0.1, 0.15) is 39.2 Å². The van der Waals surface area contributed by atoms with Crippen molar-refractivity contribution >= 4 is 12.0 Å². The molecule has 0 heterocycles. The highest BCUT2D eigenvalue weighted by Crippen LogP contribution is 2.09. The molecule has 1 aromatic rings. The standard InChI is InChI=1S/C18H28N2O3/c1-5-13(2)16(17(21)23-4)20-18(22)19-14(3)11-12-15-9-7-6-8-10-15/h6-10,13-14,16H,5,11-12H2,1-4H3,(H2,19,20,22)/t13-,14-,16+/m0/s1. The Morgan fingerprint density at radius 1 is 1.13 bits per heavy atom. The minimum Gasteiger partial charge on any atom is -0.467 e. The van der Waals surface area contributed by atoms with Crippen molar-refractivity contribution in [2.75, 3.05) is 7.11 Å². The second kappa shape index (κ2) is 9.87. The molecule has 0 saturated heterocycles. The van der Waals surface area contributed by atoms with Crippen molar-refractivity contribution < 1.29 is 14.3 Å². The first-order valence-corrected chi connectivity index (χ1v) is 8.16. The lowest BCUT2D eigenvalue weighted by Crippen LogP contribution is -2.51. The molecule has 0 unspecified atom stereocenters. The Kier molecular flexibility index (Phi) is 8.16. The number of nitrogens with one attached hydrogen (secondary N) is 2. The highest BCUT2D eigenvalue weighted by Gasteiger charge is 2.26. The minimum absolute atomic E-state index is 0.0189. The highest BCUT2D eigenvalue weighted by atomic mass is 16.5. The maximum absolute atomic E-state index is 12.1. The molecule has 0 fully saturated rings. The summed E-state index contributed by atoms with van der Waals surface area (Å²) in [5.41, 5.74) is 1.24. The van der Waals surface area contributed by atoms with E-state index in [4.69, 9.17) is 4.74 Å². The van der Waals surface area contributed by atoms with Gasteiger partial charge < -0.3 is 15.4 Å². The number of amides is 2. The molecule has 0 radical (unpaired) electrons. The van der Waals surface area contributed by atoms with Gasteiger partial charge in [0.05, 0.1) is 7.11 Å². The van der Waals surface area contributed by atoms with Crippen LogP contribution in [0.15, 0.2) is 30.3 Å². The summed E-state index contributed by atoms with van der Waals surface area (Å²) in [4.78, 5) is 23.9. The van der Waals surface area contributed by atoms with Gasteiger partial charge in [0.15, 0.2) is 0 Å². The summed E-state index contributed by atoms with van der Waals surface area (Å²) in [6, 6.07) is 9.21. The molecule has 5 heteroatoms. The lowest BCUT2D eigenvalue weighted by Gasteiger charge is -2.23. The number of ether oxygens (including phenoxy) is 1. The number of benzene rings is 1. The number of hydrogen-bond acceptors (Lipinski definition) is 3. The molecule has 0 saturated carbocycles. The summed E-state index contributed by atoms with van der Waals surface area (Å²) in [6.07, 6.45) is 2.52. The zero-order chi connectivity index (χ0) is 17.2. The monoisotopic (exact) mass is 320 g/mol. The molecule has 0 spiro atoms. The lowest BCUT2D eigenvalue weighted by molar-refractivity contribution is -0.144. The lowest BCUT2D eigenvalue weighted by atomic mass is 9.99. The van der Waals surface area contributed by atoms with E-state index in [2.05, 4.69) is 22.8 Å². The molecule has 1 aromatic carbocycles. The number of esters is 1. The van der Waals surface area contributed by atoms with Crippen LogP contribution in [0.4, 0.5) is 4.79 Å². The summed E-state index contributed by atoms with van der Waals surface area (Å²) in [5.74, 6) is -0.390. The van der Waals surface area contributed by atoms with Crippen LogP contribution in [0.25, 0.3) is 0 Å². The molecule has 2 N–H and O–H groups in total. The van der Waals surface area contributed by atoms with Crippen LogP contribution in [-0.2, 0) is 16.0 Å². The number of carbonyl (C=O) groups is 2. The largest absolute Gasteiger partial charge is 0.467 e. The van der Waals surface area contributed by atoms with E-state index in [9.17, 15) is 9.59 Å². The second-order valence-corrected chi connectivity index (χ2v) is 5.93.